The summed E-state index contributed by atoms with van der Waals surface area (Å²) in [7, 11) is 0. The van der Waals surface area contributed by atoms with Crippen molar-refractivity contribution in [2.45, 2.75) is 25.7 Å². The number of amides is 3. The highest BCUT2D eigenvalue weighted by Gasteiger charge is 2.28. The van der Waals surface area contributed by atoms with Gasteiger partial charge in [-0.2, -0.15) is 0 Å². The first-order valence-corrected chi connectivity index (χ1v) is 7.80. The zero-order valence-electron chi connectivity index (χ0n) is 12.8. The molecular weight excluding hydrogens is 294 g/mol. The van der Waals surface area contributed by atoms with Gasteiger partial charge >= 0.3 is 0 Å². The first kappa shape index (κ1) is 15.3. The molecule has 1 aliphatic heterocycles. The molecule has 1 fully saturated rings. The van der Waals surface area contributed by atoms with Crippen molar-refractivity contribution < 1.29 is 14.4 Å². The van der Waals surface area contributed by atoms with Gasteiger partial charge in [0.15, 0.2) is 0 Å². The van der Waals surface area contributed by atoms with Crippen molar-refractivity contribution in [2.24, 2.45) is 0 Å². The molecule has 1 aliphatic rings. The Labute approximate surface area is 133 Å². The Bertz CT molecular complexity index is 734. The van der Waals surface area contributed by atoms with Crippen LogP contribution in [0.1, 0.15) is 24.8 Å². The molecule has 2 N–H and O–H groups in total. The Morgan fingerprint density at radius 3 is 2.70 bits per heavy atom. The molecule has 0 saturated carbocycles. The number of nitrogens with zero attached hydrogens (tertiary/aromatic N) is 1. The van der Waals surface area contributed by atoms with Gasteiger partial charge in [-0.05, 0) is 18.1 Å². The Kier molecular flexibility index (Phi) is 4.41. The lowest BCUT2D eigenvalue weighted by atomic mass is 10.1. The third-order valence-electron chi connectivity index (χ3n) is 4.11. The number of benzene rings is 1. The van der Waals surface area contributed by atoms with Gasteiger partial charge in [0.05, 0.1) is 0 Å². The maximum absolute atomic E-state index is 11.8. The van der Waals surface area contributed by atoms with Gasteiger partial charge in [-0.3, -0.25) is 19.3 Å². The number of fused-ring (bicyclic) bond motifs is 1. The van der Waals surface area contributed by atoms with Gasteiger partial charge in [0.2, 0.25) is 17.7 Å². The molecule has 2 aromatic rings. The van der Waals surface area contributed by atoms with Crippen molar-refractivity contribution in [2.75, 3.05) is 13.1 Å². The lowest BCUT2D eigenvalue weighted by Gasteiger charge is -2.13. The fourth-order valence-corrected chi connectivity index (χ4v) is 2.85. The maximum Gasteiger partial charge on any atom is 0.229 e. The average Bonchev–Trinajstić information content (AvgIpc) is 3.10. The van der Waals surface area contributed by atoms with Gasteiger partial charge in [-0.1, -0.05) is 18.2 Å². The van der Waals surface area contributed by atoms with E-state index in [1.54, 1.807) is 0 Å². The van der Waals surface area contributed by atoms with Crippen LogP contribution in [0.15, 0.2) is 30.5 Å². The lowest BCUT2D eigenvalue weighted by molar-refractivity contribution is -0.138. The summed E-state index contributed by atoms with van der Waals surface area (Å²) in [5.74, 6) is -0.500. The number of hydrogen-bond donors (Lipinski definition) is 2. The summed E-state index contributed by atoms with van der Waals surface area (Å²) < 4.78 is 0. The minimum absolute atomic E-state index is 0.141. The van der Waals surface area contributed by atoms with Crippen LogP contribution in [0.2, 0.25) is 0 Å². The molecule has 0 radical (unpaired) electrons. The van der Waals surface area contributed by atoms with Crippen LogP contribution >= 0.6 is 0 Å². The molecule has 1 saturated heterocycles. The third-order valence-corrected chi connectivity index (χ3v) is 4.11. The summed E-state index contributed by atoms with van der Waals surface area (Å²) in [6.07, 6.45) is 3.38. The Hall–Kier alpha value is -2.63. The minimum Gasteiger partial charge on any atom is -0.361 e. The number of likely N-dealkylation sites (tertiary alicyclic amines) is 1. The van der Waals surface area contributed by atoms with Crippen LogP contribution in [-0.4, -0.2) is 40.7 Å². The van der Waals surface area contributed by atoms with E-state index in [1.807, 2.05) is 30.5 Å². The SMILES string of the molecule is O=C(CCN1C(=O)CCC1=O)NCCc1c[nH]c2ccccc12. The zero-order chi connectivity index (χ0) is 16.2. The predicted molar refractivity (Wildman–Crippen MR) is 85.6 cm³/mol. The topological polar surface area (TPSA) is 82.3 Å². The van der Waals surface area contributed by atoms with E-state index in [4.69, 9.17) is 0 Å². The van der Waals surface area contributed by atoms with E-state index in [2.05, 4.69) is 10.3 Å². The summed E-state index contributed by atoms with van der Waals surface area (Å²) in [6, 6.07) is 8.03. The van der Waals surface area contributed by atoms with Crippen LogP contribution in [0.5, 0.6) is 0 Å². The summed E-state index contributed by atoms with van der Waals surface area (Å²) in [4.78, 5) is 39.1. The summed E-state index contributed by atoms with van der Waals surface area (Å²) in [5.41, 5.74) is 2.24. The predicted octanol–water partition coefficient (Wildman–Crippen LogP) is 1.37. The first-order valence-electron chi connectivity index (χ1n) is 7.80. The van der Waals surface area contributed by atoms with E-state index >= 15 is 0 Å². The molecule has 3 amide bonds. The number of hydrogen-bond acceptors (Lipinski definition) is 3. The van der Waals surface area contributed by atoms with Gasteiger partial charge in [0, 0.05) is 49.5 Å². The second kappa shape index (κ2) is 6.64. The van der Waals surface area contributed by atoms with E-state index in [9.17, 15) is 14.4 Å². The van der Waals surface area contributed by atoms with E-state index in [0.29, 0.717) is 6.54 Å². The van der Waals surface area contributed by atoms with E-state index in [1.165, 1.54) is 4.90 Å². The van der Waals surface area contributed by atoms with Crippen molar-refractivity contribution in [3.8, 4) is 0 Å². The fraction of sp³-hybridized carbons (Fsp3) is 0.353. The Morgan fingerprint density at radius 1 is 1.17 bits per heavy atom. The molecule has 1 aromatic heterocycles. The van der Waals surface area contributed by atoms with E-state index in [0.717, 1.165) is 22.9 Å². The van der Waals surface area contributed by atoms with Crippen LogP contribution < -0.4 is 5.32 Å². The largest absolute Gasteiger partial charge is 0.361 e. The fourth-order valence-electron chi connectivity index (χ4n) is 2.85. The molecule has 0 atom stereocenters. The molecular formula is C17H19N3O3. The highest BCUT2D eigenvalue weighted by Crippen LogP contribution is 2.17. The third kappa shape index (κ3) is 3.41. The Morgan fingerprint density at radius 2 is 1.91 bits per heavy atom. The number of carbonyl (C=O) groups excluding carboxylic acids is 3. The second-order valence-corrected chi connectivity index (χ2v) is 5.65. The maximum atomic E-state index is 11.8. The second-order valence-electron chi connectivity index (χ2n) is 5.65. The molecule has 0 unspecified atom stereocenters. The summed E-state index contributed by atoms with van der Waals surface area (Å²) in [6.45, 7) is 0.707. The monoisotopic (exact) mass is 313 g/mol. The van der Waals surface area contributed by atoms with Crippen molar-refractivity contribution in [1.29, 1.82) is 0 Å². The number of nitrogens with one attached hydrogen (secondary N) is 2. The average molecular weight is 313 g/mol. The highest BCUT2D eigenvalue weighted by molar-refractivity contribution is 6.02. The molecule has 0 bridgehead atoms. The Balaban J connectivity index is 1.44. The molecule has 3 rings (SSSR count). The molecule has 1 aromatic carbocycles. The van der Waals surface area contributed by atoms with E-state index < -0.39 is 0 Å². The van der Waals surface area contributed by atoms with Crippen LogP contribution in [0.25, 0.3) is 10.9 Å². The van der Waals surface area contributed by atoms with Crippen molar-refractivity contribution in [1.82, 2.24) is 15.2 Å². The molecule has 120 valence electrons. The van der Waals surface area contributed by atoms with E-state index in [-0.39, 0.29) is 43.5 Å². The van der Waals surface area contributed by atoms with Crippen molar-refractivity contribution in [3.63, 3.8) is 0 Å². The van der Waals surface area contributed by atoms with Gasteiger partial charge in [-0.25, -0.2) is 0 Å². The molecule has 0 aliphatic carbocycles. The molecule has 6 heteroatoms. The smallest absolute Gasteiger partial charge is 0.229 e. The zero-order valence-corrected chi connectivity index (χ0v) is 12.8. The molecule has 0 spiro atoms. The number of aromatic amines is 1. The summed E-state index contributed by atoms with van der Waals surface area (Å²) in [5, 5.41) is 4.00. The van der Waals surface area contributed by atoms with Crippen LogP contribution in [0, 0.1) is 0 Å². The van der Waals surface area contributed by atoms with Gasteiger partial charge in [0.25, 0.3) is 0 Å². The number of carbonyl (C=O) groups is 3. The van der Waals surface area contributed by atoms with Crippen LogP contribution in [-0.2, 0) is 20.8 Å². The van der Waals surface area contributed by atoms with Crippen molar-refractivity contribution in [3.05, 3.63) is 36.0 Å². The standard InChI is InChI=1S/C17H19N3O3/c21-15(8-10-20-16(22)5-6-17(20)23)18-9-7-12-11-19-14-4-2-1-3-13(12)14/h1-4,11,19H,5-10H2,(H,18,21). The van der Waals surface area contributed by atoms with Crippen LogP contribution in [0.3, 0.4) is 0 Å². The number of imide groups is 1. The molecule has 6 nitrogen and oxygen atoms in total. The van der Waals surface area contributed by atoms with Crippen LogP contribution in [0.4, 0.5) is 0 Å². The first-order chi connectivity index (χ1) is 11.1. The van der Waals surface area contributed by atoms with Gasteiger partial charge < -0.3 is 10.3 Å². The number of H-pyrrole nitrogens is 1. The quantitative estimate of drug-likeness (QED) is 0.790. The lowest BCUT2D eigenvalue weighted by Crippen LogP contribution is -2.34. The number of para-hydroxylation sites is 1. The van der Waals surface area contributed by atoms with Gasteiger partial charge in [0.1, 0.15) is 0 Å². The molecule has 23 heavy (non-hydrogen) atoms. The normalized spacial score (nSPS) is 14.7. The summed E-state index contributed by atoms with van der Waals surface area (Å²) >= 11 is 0. The highest BCUT2D eigenvalue weighted by atomic mass is 16.2. The van der Waals surface area contributed by atoms with Crippen molar-refractivity contribution >= 4 is 28.6 Å². The number of aromatic nitrogens is 1. The van der Waals surface area contributed by atoms with Gasteiger partial charge in [-0.15, -0.1) is 0 Å². The molecule has 2 heterocycles. The minimum atomic E-state index is -0.179. The number of rotatable bonds is 6.